The Morgan fingerprint density at radius 3 is 1.48 bits per heavy atom. The van der Waals surface area contributed by atoms with Crippen LogP contribution in [0.2, 0.25) is 0 Å². The van der Waals surface area contributed by atoms with Gasteiger partial charge in [-0.2, -0.15) is 0 Å². The molecule has 0 N–H and O–H groups in total. The van der Waals surface area contributed by atoms with E-state index in [0.717, 1.165) is 9.84 Å². The summed E-state index contributed by atoms with van der Waals surface area (Å²) >= 11 is 2.80. The Balaban J connectivity index is 1.75. The number of hydrogen-bond donors (Lipinski definition) is 0. The third-order valence-electron chi connectivity index (χ3n) is 8.62. The first-order valence-electron chi connectivity index (χ1n) is 12.4. The highest BCUT2D eigenvalue weighted by atomic mass is 127. The van der Waals surface area contributed by atoms with Gasteiger partial charge in [-0.05, 0) is 53.6 Å². The lowest BCUT2D eigenvalue weighted by atomic mass is 9.69. The summed E-state index contributed by atoms with van der Waals surface area (Å²) in [4.78, 5) is 0. The minimum absolute atomic E-state index is 0.516. The molecule has 0 amide bonds. The summed E-state index contributed by atoms with van der Waals surface area (Å²) in [5, 5.41) is 0. The molecule has 0 radical (unpaired) electrons. The zero-order chi connectivity index (χ0) is 19.3. The van der Waals surface area contributed by atoms with Crippen LogP contribution in [0.5, 0.6) is 0 Å². The van der Waals surface area contributed by atoms with Crippen LogP contribution in [-0.4, -0.2) is 3.92 Å². The second kappa shape index (κ2) is 9.98. The van der Waals surface area contributed by atoms with Crippen LogP contribution in [-0.2, 0) is 0 Å². The number of alkyl halides is 1. The van der Waals surface area contributed by atoms with Crippen LogP contribution in [0.1, 0.15) is 130 Å². The molecule has 0 spiro atoms. The van der Waals surface area contributed by atoms with E-state index in [2.05, 4.69) is 43.4 Å². The first kappa shape index (κ1) is 22.2. The largest absolute Gasteiger partial charge is 0.0728 e. The van der Waals surface area contributed by atoms with Gasteiger partial charge in [0.1, 0.15) is 0 Å². The normalized spacial score (nSPS) is 31.3. The second-order valence-corrected chi connectivity index (χ2v) is 12.0. The summed E-state index contributed by atoms with van der Waals surface area (Å²) in [5.74, 6) is 0.805. The second-order valence-electron chi connectivity index (χ2n) is 10.8. The summed E-state index contributed by atoms with van der Waals surface area (Å²) in [5.41, 5.74) is 4.88. The minimum atomic E-state index is 0.516. The van der Waals surface area contributed by atoms with Gasteiger partial charge in [0.25, 0.3) is 0 Å². The van der Waals surface area contributed by atoms with Crippen LogP contribution in [0.4, 0.5) is 0 Å². The van der Waals surface area contributed by atoms with Gasteiger partial charge in [0, 0.05) is 0 Å². The fourth-order valence-electron chi connectivity index (χ4n) is 6.32. The van der Waals surface area contributed by atoms with Crippen LogP contribution in [0.3, 0.4) is 0 Å². The minimum Gasteiger partial charge on any atom is -0.0728 e. The van der Waals surface area contributed by atoms with E-state index in [-0.39, 0.29) is 0 Å². The predicted octanol–water partition coefficient (Wildman–Crippen LogP) is 9.41. The van der Waals surface area contributed by atoms with Gasteiger partial charge >= 0.3 is 0 Å². The Morgan fingerprint density at radius 2 is 1.04 bits per heavy atom. The molecule has 0 saturated heterocycles. The number of halogens is 1. The van der Waals surface area contributed by atoms with Crippen LogP contribution < -0.4 is 0 Å². The first-order chi connectivity index (χ1) is 13.0. The molecule has 156 valence electrons. The van der Waals surface area contributed by atoms with Crippen LogP contribution in [0, 0.1) is 16.7 Å². The lowest BCUT2D eigenvalue weighted by Gasteiger charge is -2.36. The molecule has 27 heavy (non-hydrogen) atoms. The van der Waals surface area contributed by atoms with Crippen molar-refractivity contribution in [1.29, 1.82) is 0 Å². The fraction of sp³-hybridized carbons (Fsp3) is 0.923. The van der Waals surface area contributed by atoms with Crippen LogP contribution in [0.15, 0.2) is 11.1 Å². The lowest BCUT2D eigenvalue weighted by Crippen LogP contribution is -2.26. The third kappa shape index (κ3) is 5.54. The maximum absolute atomic E-state index is 2.80. The molecule has 0 aliphatic heterocycles. The SMILES string of the molecule is CC(C1=C(C2(C)CCCCCCCCC2)[C@@H]1I)C1(C)CCCCCCCC1. The summed E-state index contributed by atoms with van der Waals surface area (Å²) in [6.07, 6.45) is 25.0. The van der Waals surface area contributed by atoms with Crippen molar-refractivity contribution in [3.8, 4) is 0 Å². The van der Waals surface area contributed by atoms with E-state index in [4.69, 9.17) is 0 Å². The van der Waals surface area contributed by atoms with E-state index >= 15 is 0 Å². The van der Waals surface area contributed by atoms with E-state index in [1.807, 2.05) is 11.1 Å². The first-order valence-corrected chi connectivity index (χ1v) is 13.6. The average Bonchev–Trinajstić information content (AvgIpc) is 3.30. The van der Waals surface area contributed by atoms with Crippen molar-refractivity contribution in [1.82, 2.24) is 0 Å². The zero-order valence-corrected chi connectivity index (χ0v) is 20.7. The number of rotatable bonds is 3. The van der Waals surface area contributed by atoms with Crippen molar-refractivity contribution >= 4 is 22.6 Å². The zero-order valence-electron chi connectivity index (χ0n) is 18.6. The highest BCUT2D eigenvalue weighted by Crippen LogP contribution is 2.60. The summed E-state index contributed by atoms with van der Waals surface area (Å²) in [6.45, 7) is 7.89. The molecule has 3 aliphatic rings. The third-order valence-corrected chi connectivity index (χ3v) is 9.91. The van der Waals surface area contributed by atoms with E-state index in [0.29, 0.717) is 10.8 Å². The maximum Gasteiger partial charge on any atom is 0.0543 e. The Morgan fingerprint density at radius 1 is 0.667 bits per heavy atom. The van der Waals surface area contributed by atoms with Gasteiger partial charge in [-0.25, -0.2) is 0 Å². The Bertz CT molecular complexity index is 482. The average molecular weight is 485 g/mol. The van der Waals surface area contributed by atoms with Crippen LogP contribution >= 0.6 is 22.6 Å². The highest BCUT2D eigenvalue weighted by molar-refractivity contribution is 14.1. The molecule has 3 rings (SSSR count). The Kier molecular flexibility index (Phi) is 8.20. The smallest absolute Gasteiger partial charge is 0.0543 e. The Labute approximate surface area is 183 Å². The van der Waals surface area contributed by atoms with Crippen molar-refractivity contribution < 1.29 is 0 Å². The summed E-state index contributed by atoms with van der Waals surface area (Å²) in [6, 6.07) is 0. The van der Waals surface area contributed by atoms with Gasteiger partial charge in [0.15, 0.2) is 0 Å². The lowest BCUT2D eigenvalue weighted by molar-refractivity contribution is 0.188. The van der Waals surface area contributed by atoms with Crippen molar-refractivity contribution in [2.24, 2.45) is 16.7 Å². The number of hydrogen-bond acceptors (Lipinski definition) is 0. The van der Waals surface area contributed by atoms with Gasteiger partial charge in [-0.15, -0.1) is 0 Å². The molecule has 0 aromatic carbocycles. The van der Waals surface area contributed by atoms with E-state index < -0.39 is 0 Å². The molecule has 1 heteroatoms. The molecule has 2 fully saturated rings. The quantitative estimate of drug-likeness (QED) is 0.213. The fourth-order valence-corrected chi connectivity index (χ4v) is 8.13. The molecule has 0 aromatic heterocycles. The van der Waals surface area contributed by atoms with E-state index in [9.17, 15) is 0 Å². The Hall–Kier alpha value is 0.470. The molecule has 0 nitrogen and oxygen atoms in total. The molecule has 0 heterocycles. The van der Waals surface area contributed by atoms with Gasteiger partial charge in [0.2, 0.25) is 0 Å². The molecule has 0 bridgehead atoms. The van der Waals surface area contributed by atoms with Gasteiger partial charge in [-0.1, -0.05) is 127 Å². The van der Waals surface area contributed by atoms with Gasteiger partial charge in [0.05, 0.1) is 3.92 Å². The number of allylic oxidation sites excluding steroid dienone is 2. The van der Waals surface area contributed by atoms with Gasteiger partial charge < -0.3 is 0 Å². The molecule has 2 saturated carbocycles. The van der Waals surface area contributed by atoms with E-state index in [1.54, 1.807) is 0 Å². The van der Waals surface area contributed by atoms with E-state index in [1.165, 1.54) is 109 Å². The predicted molar refractivity (Wildman–Crippen MR) is 129 cm³/mol. The topological polar surface area (TPSA) is 0 Å². The highest BCUT2D eigenvalue weighted by Gasteiger charge is 2.50. The molecule has 2 atom stereocenters. The maximum atomic E-state index is 2.80. The molecular weight excluding hydrogens is 439 g/mol. The molecule has 1 unspecified atom stereocenters. The summed E-state index contributed by atoms with van der Waals surface area (Å²) < 4.78 is 0.787. The van der Waals surface area contributed by atoms with Crippen molar-refractivity contribution in [3.63, 3.8) is 0 Å². The molecule has 3 aliphatic carbocycles. The summed E-state index contributed by atoms with van der Waals surface area (Å²) in [7, 11) is 0. The van der Waals surface area contributed by atoms with Crippen molar-refractivity contribution in [3.05, 3.63) is 11.1 Å². The van der Waals surface area contributed by atoms with Crippen molar-refractivity contribution in [2.75, 3.05) is 0 Å². The molecular formula is C26H45I. The van der Waals surface area contributed by atoms with Crippen LogP contribution in [0.25, 0.3) is 0 Å². The monoisotopic (exact) mass is 484 g/mol. The van der Waals surface area contributed by atoms with Gasteiger partial charge in [-0.3, -0.25) is 0 Å². The van der Waals surface area contributed by atoms with Crippen molar-refractivity contribution in [2.45, 2.75) is 134 Å². The standard InChI is InChI=1S/C26H45I/c1-21(25(2)17-13-9-7-8-10-14-18-25)22-23(24(22)27)26(3)19-15-11-5-4-6-12-16-20-26/h21,24H,4-20H2,1-3H3/t21?,24-/m1/s1. The molecule has 0 aromatic rings.